The van der Waals surface area contributed by atoms with Gasteiger partial charge in [0.2, 0.25) is 0 Å². The van der Waals surface area contributed by atoms with Gasteiger partial charge in [0.05, 0.1) is 28.8 Å². The number of hydrogen-bond donors (Lipinski definition) is 1. The maximum atomic E-state index is 13.6. The zero-order valence-electron chi connectivity index (χ0n) is 18.4. The van der Waals surface area contributed by atoms with E-state index in [-0.39, 0.29) is 0 Å². The van der Waals surface area contributed by atoms with E-state index in [2.05, 4.69) is 11.3 Å². The van der Waals surface area contributed by atoms with Gasteiger partial charge in [-0.1, -0.05) is 60.2 Å². The van der Waals surface area contributed by atoms with Crippen molar-refractivity contribution in [3.63, 3.8) is 0 Å². The van der Waals surface area contributed by atoms with E-state index >= 15 is 0 Å². The second-order valence-corrected chi connectivity index (χ2v) is 10.0. The second kappa shape index (κ2) is 11.2. The molecule has 0 amide bonds. The molecule has 3 aromatic carbocycles. The van der Waals surface area contributed by atoms with Crippen LogP contribution in [0.15, 0.2) is 106 Å². The minimum absolute atomic E-state index is 0.564. The highest BCUT2D eigenvalue weighted by Gasteiger charge is 2.25. The number of benzene rings is 3. The minimum Gasteiger partial charge on any atom is -0.497 e. The van der Waals surface area contributed by atoms with E-state index in [1.165, 1.54) is 0 Å². The van der Waals surface area contributed by atoms with Gasteiger partial charge in [-0.05, 0) is 61.9 Å². The summed E-state index contributed by atoms with van der Waals surface area (Å²) in [5.41, 5.74) is 3.00. The van der Waals surface area contributed by atoms with Crippen molar-refractivity contribution in [3.05, 3.63) is 113 Å². The summed E-state index contributed by atoms with van der Waals surface area (Å²) < 4.78 is 35.2. The zero-order chi connectivity index (χ0) is 23.1. The molecule has 0 radical (unpaired) electrons. The minimum atomic E-state index is -1.52. The third kappa shape index (κ3) is 5.91. The molecular formula is C26H27NO3S2. The molecule has 0 aliphatic heterocycles. The maximum absolute atomic E-state index is 13.6. The van der Waals surface area contributed by atoms with Crippen molar-refractivity contribution in [1.82, 2.24) is 4.72 Å². The Labute approximate surface area is 195 Å². The van der Waals surface area contributed by atoms with Crippen LogP contribution in [0.5, 0.6) is 5.75 Å². The second-order valence-electron chi connectivity index (χ2n) is 7.29. The molecule has 3 aromatic rings. The molecule has 0 bridgehead atoms. The first-order chi connectivity index (χ1) is 15.4. The molecule has 0 saturated heterocycles. The van der Waals surface area contributed by atoms with Crippen molar-refractivity contribution < 1.29 is 13.2 Å². The van der Waals surface area contributed by atoms with E-state index in [1.54, 1.807) is 19.3 Å². The summed E-state index contributed by atoms with van der Waals surface area (Å²) in [6.07, 6.45) is 3.33. The molecule has 0 saturated carbocycles. The molecule has 32 heavy (non-hydrogen) atoms. The van der Waals surface area contributed by atoms with Gasteiger partial charge in [-0.2, -0.15) is 0 Å². The van der Waals surface area contributed by atoms with Crippen LogP contribution in [0.3, 0.4) is 0 Å². The van der Waals surface area contributed by atoms with Gasteiger partial charge in [-0.15, -0.1) is 0 Å². The fourth-order valence-corrected chi connectivity index (χ4v) is 5.46. The molecule has 0 heterocycles. The average molecular weight is 466 g/mol. The van der Waals surface area contributed by atoms with Crippen LogP contribution in [-0.4, -0.2) is 15.5 Å². The summed E-state index contributed by atoms with van der Waals surface area (Å²) in [5, 5.41) is 0. The number of ether oxygens (including phenoxy) is 1. The summed E-state index contributed by atoms with van der Waals surface area (Å²) in [5.74, 6) is 0.709. The molecule has 0 aliphatic rings. The summed E-state index contributed by atoms with van der Waals surface area (Å²) >= 11 is 0. The van der Waals surface area contributed by atoms with Crippen molar-refractivity contribution in [2.24, 2.45) is 0 Å². The topological polar surface area (TPSA) is 55.4 Å². The van der Waals surface area contributed by atoms with E-state index in [4.69, 9.17) is 4.74 Å². The van der Waals surface area contributed by atoms with Crippen LogP contribution in [-0.2, 0) is 21.8 Å². The summed E-state index contributed by atoms with van der Waals surface area (Å²) in [6, 6.07) is 21.9. The van der Waals surface area contributed by atoms with Gasteiger partial charge in [0, 0.05) is 9.80 Å². The van der Waals surface area contributed by atoms with Crippen LogP contribution in [0.25, 0.3) is 0 Å². The molecule has 0 aromatic heterocycles. The Balaban J connectivity index is 2.03. The first-order valence-corrected chi connectivity index (χ1v) is 12.4. The number of nitrogens with one attached hydrogen (secondary N) is 1. The van der Waals surface area contributed by atoms with Crippen LogP contribution in [0.2, 0.25) is 0 Å². The highest BCUT2D eigenvalue weighted by Crippen LogP contribution is 2.30. The molecule has 1 unspecified atom stereocenters. The van der Waals surface area contributed by atoms with E-state index in [0.717, 1.165) is 16.7 Å². The fraction of sp³-hybridized carbons (Fsp3) is 0.154. The molecule has 3 rings (SSSR count). The predicted molar refractivity (Wildman–Crippen MR) is 132 cm³/mol. The van der Waals surface area contributed by atoms with Crippen molar-refractivity contribution in [2.75, 3.05) is 7.11 Å². The predicted octanol–water partition coefficient (Wildman–Crippen LogP) is 5.54. The largest absolute Gasteiger partial charge is 0.497 e. The van der Waals surface area contributed by atoms with Crippen molar-refractivity contribution in [3.8, 4) is 5.75 Å². The molecule has 0 aliphatic carbocycles. The first kappa shape index (κ1) is 23.9. The fourth-order valence-electron chi connectivity index (χ4n) is 3.10. The smallest absolute Gasteiger partial charge is 0.125 e. The van der Waals surface area contributed by atoms with Gasteiger partial charge in [0.25, 0.3) is 0 Å². The van der Waals surface area contributed by atoms with Gasteiger partial charge in [0.1, 0.15) is 16.7 Å². The van der Waals surface area contributed by atoms with E-state index in [9.17, 15) is 8.42 Å². The van der Waals surface area contributed by atoms with E-state index in [0.29, 0.717) is 20.4 Å². The van der Waals surface area contributed by atoms with Crippen molar-refractivity contribution in [2.45, 2.75) is 29.7 Å². The molecule has 3 atom stereocenters. The number of allylic oxidation sites excluding steroid dienone is 2. The van der Waals surface area contributed by atoms with Crippen molar-refractivity contribution >= 4 is 21.8 Å². The van der Waals surface area contributed by atoms with Crippen LogP contribution < -0.4 is 9.46 Å². The number of aryl methyl sites for hydroxylation is 2. The van der Waals surface area contributed by atoms with Gasteiger partial charge in [-0.25, -0.2) is 13.1 Å². The van der Waals surface area contributed by atoms with Crippen molar-refractivity contribution in [1.29, 1.82) is 0 Å². The lowest BCUT2D eigenvalue weighted by atomic mass is 10.1. The summed E-state index contributed by atoms with van der Waals surface area (Å²) in [7, 11) is -1.40. The standard InChI is InChI=1S/C26H27NO3S2/c1-5-6-25(31(28)23-15-7-19(2)8-16-23)26(21-11-13-22(30-4)14-12-21)27-32(29)24-17-9-20(3)10-18-24/h5-18,26-27H,1H2,2-4H3/b25-6+/t26?,31-,32+/m0/s1. The van der Waals surface area contributed by atoms with Crippen LogP contribution in [0.1, 0.15) is 22.7 Å². The number of rotatable bonds is 9. The van der Waals surface area contributed by atoms with Crippen LogP contribution in [0, 0.1) is 13.8 Å². The van der Waals surface area contributed by atoms with Gasteiger partial charge in [-0.3, -0.25) is 0 Å². The van der Waals surface area contributed by atoms with E-state index < -0.39 is 27.8 Å². The molecule has 0 spiro atoms. The monoisotopic (exact) mass is 465 g/mol. The Bertz CT molecular complexity index is 1140. The maximum Gasteiger partial charge on any atom is 0.125 e. The van der Waals surface area contributed by atoms with Gasteiger partial charge >= 0.3 is 0 Å². The number of methoxy groups -OCH3 is 1. The van der Waals surface area contributed by atoms with Crippen LogP contribution >= 0.6 is 0 Å². The normalized spacial score (nSPS) is 14.4. The Kier molecular flexibility index (Phi) is 8.33. The third-order valence-electron chi connectivity index (χ3n) is 4.92. The Morgan fingerprint density at radius 2 is 1.41 bits per heavy atom. The highest BCUT2D eigenvalue weighted by atomic mass is 32.2. The Morgan fingerprint density at radius 1 is 0.875 bits per heavy atom. The average Bonchev–Trinajstić information content (AvgIpc) is 2.82. The summed E-state index contributed by atoms with van der Waals surface area (Å²) in [4.78, 5) is 1.88. The lowest BCUT2D eigenvalue weighted by molar-refractivity contribution is 0.414. The van der Waals surface area contributed by atoms with Gasteiger partial charge < -0.3 is 4.74 Å². The zero-order valence-corrected chi connectivity index (χ0v) is 20.0. The van der Waals surface area contributed by atoms with Gasteiger partial charge in [0.15, 0.2) is 0 Å². The molecule has 0 fully saturated rings. The highest BCUT2D eigenvalue weighted by molar-refractivity contribution is 7.89. The SMILES string of the molecule is C=C/C=C(\C(N[S@](=O)c1ccc(C)cc1)c1ccc(OC)cc1)[S@@](=O)c1ccc(C)cc1. The first-order valence-electron chi connectivity index (χ1n) is 10.1. The lowest BCUT2D eigenvalue weighted by Crippen LogP contribution is -2.27. The number of hydrogen-bond acceptors (Lipinski definition) is 3. The molecular weight excluding hydrogens is 438 g/mol. The Morgan fingerprint density at radius 3 is 1.91 bits per heavy atom. The quantitative estimate of drug-likeness (QED) is 0.422. The van der Waals surface area contributed by atoms with E-state index in [1.807, 2.05) is 86.6 Å². The molecule has 4 nitrogen and oxygen atoms in total. The third-order valence-corrected chi connectivity index (χ3v) is 7.58. The lowest BCUT2D eigenvalue weighted by Gasteiger charge is -2.22. The molecule has 166 valence electrons. The Hall–Kier alpha value is -2.80. The molecule has 6 heteroatoms. The van der Waals surface area contributed by atoms with Crippen LogP contribution in [0.4, 0.5) is 0 Å². The molecule has 1 N–H and O–H groups in total. The summed E-state index contributed by atoms with van der Waals surface area (Å²) in [6.45, 7) is 7.77.